The molecule has 0 spiro atoms. The Morgan fingerprint density at radius 2 is 1.71 bits per heavy atom. The molecule has 2 aliphatic heterocycles. The number of ether oxygens (including phenoxy) is 1. The molecule has 1 aromatic heterocycles. The van der Waals surface area contributed by atoms with E-state index >= 15 is 0 Å². The Balaban J connectivity index is 1.26. The van der Waals surface area contributed by atoms with Crippen LogP contribution >= 0.6 is 0 Å². The van der Waals surface area contributed by atoms with E-state index in [0.717, 1.165) is 41.8 Å². The molecule has 0 aliphatic carbocycles. The third-order valence-electron chi connectivity index (χ3n) is 9.15. The minimum atomic E-state index is -3.04. The van der Waals surface area contributed by atoms with E-state index in [2.05, 4.69) is 54.7 Å². The quantitative estimate of drug-likeness (QED) is 0.186. The number of hydrogen-bond acceptors (Lipinski definition) is 6. The monoisotopic (exact) mass is 609 g/mol. The van der Waals surface area contributed by atoms with Crippen molar-refractivity contribution in [3.05, 3.63) is 94.5 Å². The number of carboxylic acids is 1. The van der Waals surface area contributed by atoms with E-state index in [9.17, 15) is 18.7 Å². The third-order valence-corrected chi connectivity index (χ3v) is 9.15. The van der Waals surface area contributed by atoms with Gasteiger partial charge in [-0.05, 0) is 95.9 Å². The number of aliphatic carboxylic acids is 1. The van der Waals surface area contributed by atoms with Gasteiger partial charge in [-0.2, -0.15) is 8.78 Å². The number of nitrogens with one attached hydrogen (secondary N) is 1. The Morgan fingerprint density at radius 1 is 1.00 bits per heavy atom. The highest BCUT2D eigenvalue weighted by Gasteiger charge is 2.31. The van der Waals surface area contributed by atoms with Crippen molar-refractivity contribution in [1.29, 1.82) is 0 Å². The largest absolute Gasteiger partial charge is 0.480 e. The lowest BCUT2D eigenvalue weighted by Gasteiger charge is -2.22. The molecule has 0 unspecified atom stereocenters. The molecule has 1 saturated heterocycles. The summed E-state index contributed by atoms with van der Waals surface area (Å²) in [6, 6.07) is 21.4. The van der Waals surface area contributed by atoms with Crippen LogP contribution in [-0.2, 0) is 24.4 Å². The van der Waals surface area contributed by atoms with Crippen molar-refractivity contribution in [2.24, 2.45) is 0 Å². The first-order valence-corrected chi connectivity index (χ1v) is 15.1. The molecule has 5 aromatic rings. The second-order valence-corrected chi connectivity index (χ2v) is 11.8. The molecular weight excluding hydrogens is 576 g/mol. The lowest BCUT2D eigenvalue weighted by molar-refractivity contribution is -0.142. The van der Waals surface area contributed by atoms with E-state index < -0.39 is 18.6 Å². The Labute approximate surface area is 259 Å². The molecule has 0 saturated carbocycles. The standard InChI is InChI=1S/C36H33F2N3O4/c1-20-26(22-11-12-23-17-39-18-24(23)14-22)6-3-7-27(20)28-8-4-9-29(21(28)2)34-40-30-15-25(19-41-13-5-10-31(41)35(42)43)32(45-36(37)38)16-33(30)44-34/h3-4,6-9,11-12,14-16,31,36,39H,5,10,13,17-19H2,1-2H3,(H,42,43)/t31-/m0/s1. The fourth-order valence-electron chi connectivity index (χ4n) is 6.82. The lowest BCUT2D eigenvalue weighted by Crippen LogP contribution is -2.35. The number of benzene rings is 4. The summed E-state index contributed by atoms with van der Waals surface area (Å²) < 4.78 is 37.8. The number of carboxylic acid groups (broad SMARTS) is 1. The number of halogens is 2. The zero-order valence-electron chi connectivity index (χ0n) is 25.1. The molecule has 1 fully saturated rings. The SMILES string of the molecule is Cc1c(-c2ccc3c(c2)CNC3)cccc1-c1cccc(-c2nc3cc(CN4CCC[C@H]4C(=O)O)c(OC(F)F)cc3o2)c1C. The van der Waals surface area contributed by atoms with Gasteiger partial charge < -0.3 is 19.6 Å². The van der Waals surface area contributed by atoms with Crippen LogP contribution in [0.25, 0.3) is 44.8 Å². The molecule has 230 valence electrons. The molecule has 0 amide bonds. The van der Waals surface area contributed by atoms with Crippen LogP contribution in [0.15, 0.2) is 71.1 Å². The van der Waals surface area contributed by atoms with Crippen LogP contribution in [0.3, 0.4) is 0 Å². The number of fused-ring (bicyclic) bond motifs is 2. The van der Waals surface area contributed by atoms with Crippen LogP contribution in [0.2, 0.25) is 0 Å². The number of oxazole rings is 1. The highest BCUT2D eigenvalue weighted by atomic mass is 19.3. The summed E-state index contributed by atoms with van der Waals surface area (Å²) in [5.74, 6) is -0.597. The van der Waals surface area contributed by atoms with E-state index in [0.29, 0.717) is 35.5 Å². The number of likely N-dealkylation sites (tertiary alicyclic amines) is 1. The van der Waals surface area contributed by atoms with Crippen LogP contribution in [0.4, 0.5) is 8.78 Å². The lowest BCUT2D eigenvalue weighted by atomic mass is 9.89. The van der Waals surface area contributed by atoms with Gasteiger partial charge in [0.15, 0.2) is 5.58 Å². The van der Waals surface area contributed by atoms with Gasteiger partial charge in [-0.15, -0.1) is 0 Å². The van der Waals surface area contributed by atoms with Crippen LogP contribution < -0.4 is 10.1 Å². The van der Waals surface area contributed by atoms with Crippen molar-refractivity contribution in [2.45, 2.75) is 59.0 Å². The van der Waals surface area contributed by atoms with Crippen LogP contribution in [0.1, 0.15) is 40.7 Å². The Morgan fingerprint density at radius 3 is 2.47 bits per heavy atom. The first-order valence-electron chi connectivity index (χ1n) is 15.1. The first-order chi connectivity index (χ1) is 21.8. The number of rotatable bonds is 8. The average Bonchev–Trinajstić information content (AvgIpc) is 3.77. The van der Waals surface area contributed by atoms with Crippen molar-refractivity contribution in [3.8, 4) is 39.5 Å². The number of carbonyl (C=O) groups is 1. The van der Waals surface area contributed by atoms with E-state index in [4.69, 9.17) is 14.1 Å². The molecule has 1 atom stereocenters. The first kappa shape index (κ1) is 29.1. The molecule has 7 nitrogen and oxygen atoms in total. The number of aromatic nitrogens is 1. The minimum Gasteiger partial charge on any atom is -0.480 e. The van der Waals surface area contributed by atoms with E-state index in [1.807, 2.05) is 19.1 Å². The Bertz CT molecular complexity index is 1940. The van der Waals surface area contributed by atoms with Gasteiger partial charge in [-0.25, -0.2) is 4.98 Å². The number of alkyl halides is 2. The second-order valence-electron chi connectivity index (χ2n) is 11.8. The van der Waals surface area contributed by atoms with Crippen molar-refractivity contribution in [2.75, 3.05) is 6.54 Å². The average molecular weight is 610 g/mol. The maximum atomic E-state index is 13.4. The molecule has 3 heterocycles. The van der Waals surface area contributed by atoms with Gasteiger partial charge >= 0.3 is 12.6 Å². The van der Waals surface area contributed by atoms with Gasteiger partial charge in [-0.1, -0.05) is 42.5 Å². The number of hydrogen-bond donors (Lipinski definition) is 2. The zero-order valence-corrected chi connectivity index (χ0v) is 25.1. The van der Waals surface area contributed by atoms with Crippen LogP contribution in [-0.4, -0.2) is 40.2 Å². The molecule has 0 bridgehead atoms. The van der Waals surface area contributed by atoms with Gasteiger partial charge in [0, 0.05) is 36.8 Å². The van der Waals surface area contributed by atoms with E-state index in [1.54, 1.807) is 11.0 Å². The van der Waals surface area contributed by atoms with Gasteiger partial charge in [0.05, 0.1) is 0 Å². The predicted molar refractivity (Wildman–Crippen MR) is 168 cm³/mol. The van der Waals surface area contributed by atoms with Gasteiger partial charge in [0.25, 0.3) is 0 Å². The fourth-order valence-corrected chi connectivity index (χ4v) is 6.82. The molecule has 4 aromatic carbocycles. The smallest absolute Gasteiger partial charge is 0.387 e. The second kappa shape index (κ2) is 11.7. The number of nitrogens with zero attached hydrogens (tertiary/aromatic N) is 2. The highest BCUT2D eigenvalue weighted by molar-refractivity contribution is 5.85. The van der Waals surface area contributed by atoms with Gasteiger partial charge in [-0.3, -0.25) is 9.69 Å². The molecule has 9 heteroatoms. The fraction of sp³-hybridized carbons (Fsp3) is 0.278. The van der Waals surface area contributed by atoms with Crippen molar-refractivity contribution >= 4 is 17.1 Å². The van der Waals surface area contributed by atoms with Crippen LogP contribution in [0.5, 0.6) is 5.75 Å². The zero-order chi connectivity index (χ0) is 31.2. The summed E-state index contributed by atoms with van der Waals surface area (Å²) >= 11 is 0. The van der Waals surface area contributed by atoms with Crippen LogP contribution in [0, 0.1) is 13.8 Å². The summed E-state index contributed by atoms with van der Waals surface area (Å²) in [5.41, 5.74) is 11.4. The molecule has 0 radical (unpaired) electrons. The summed E-state index contributed by atoms with van der Waals surface area (Å²) in [5, 5.41) is 13.0. The van der Waals surface area contributed by atoms with Crippen molar-refractivity contribution in [3.63, 3.8) is 0 Å². The summed E-state index contributed by atoms with van der Waals surface area (Å²) in [4.78, 5) is 18.3. The Hall–Kier alpha value is -4.60. The summed E-state index contributed by atoms with van der Waals surface area (Å²) in [6.45, 7) is 3.63. The topological polar surface area (TPSA) is 87.8 Å². The van der Waals surface area contributed by atoms with E-state index in [1.165, 1.54) is 33.9 Å². The van der Waals surface area contributed by atoms with Crippen molar-refractivity contribution < 1.29 is 27.8 Å². The highest BCUT2D eigenvalue weighted by Crippen LogP contribution is 2.39. The molecule has 7 rings (SSSR count). The van der Waals surface area contributed by atoms with Gasteiger partial charge in [0.1, 0.15) is 17.3 Å². The predicted octanol–water partition coefficient (Wildman–Crippen LogP) is 7.70. The summed E-state index contributed by atoms with van der Waals surface area (Å²) in [6.07, 6.45) is 1.24. The summed E-state index contributed by atoms with van der Waals surface area (Å²) in [7, 11) is 0. The Kier molecular flexibility index (Phi) is 7.59. The maximum Gasteiger partial charge on any atom is 0.387 e. The normalized spacial score (nSPS) is 16.5. The molecular formula is C36H33F2N3O4. The third kappa shape index (κ3) is 5.47. The maximum absolute atomic E-state index is 13.4. The van der Waals surface area contributed by atoms with Crippen molar-refractivity contribution in [1.82, 2.24) is 15.2 Å². The molecule has 45 heavy (non-hydrogen) atoms. The van der Waals surface area contributed by atoms with Gasteiger partial charge in [0.2, 0.25) is 5.89 Å². The van der Waals surface area contributed by atoms with E-state index in [-0.39, 0.29) is 12.3 Å². The minimum absolute atomic E-state index is 0.0449. The molecule has 2 aliphatic rings. The molecule has 2 N–H and O–H groups in total.